The van der Waals surface area contributed by atoms with Gasteiger partial charge in [0.25, 0.3) is 0 Å². The van der Waals surface area contributed by atoms with Gasteiger partial charge in [0.1, 0.15) is 0 Å². The molecule has 0 aromatic carbocycles. The predicted octanol–water partition coefficient (Wildman–Crippen LogP) is 3.69. The Hall–Kier alpha value is -0.0400. The van der Waals surface area contributed by atoms with Gasteiger partial charge in [-0.25, -0.2) is 0 Å². The molecule has 0 aromatic rings. The van der Waals surface area contributed by atoms with Crippen molar-refractivity contribution in [2.24, 2.45) is 28.6 Å². The van der Waals surface area contributed by atoms with Crippen molar-refractivity contribution < 1.29 is 0 Å². The second-order valence-corrected chi connectivity index (χ2v) is 6.89. The average Bonchev–Trinajstić information content (AvgIpc) is 2.21. The second kappa shape index (κ2) is 4.01. The van der Waals surface area contributed by atoms with E-state index in [-0.39, 0.29) is 0 Å². The summed E-state index contributed by atoms with van der Waals surface area (Å²) in [5.41, 5.74) is 1.29. The first-order chi connectivity index (χ1) is 7.47. The third-order valence-electron chi connectivity index (χ3n) is 6.13. The maximum absolute atomic E-state index is 3.56. The van der Waals surface area contributed by atoms with Crippen LogP contribution in [0.5, 0.6) is 0 Å². The van der Waals surface area contributed by atoms with E-state index in [0.717, 1.165) is 17.8 Å². The lowest BCUT2D eigenvalue weighted by Gasteiger charge is -2.68. The Labute approximate surface area is 101 Å². The van der Waals surface area contributed by atoms with Crippen LogP contribution in [-0.4, -0.2) is 13.1 Å². The van der Waals surface area contributed by atoms with Crippen LogP contribution in [0.25, 0.3) is 0 Å². The van der Waals surface area contributed by atoms with E-state index >= 15 is 0 Å². The van der Waals surface area contributed by atoms with Crippen molar-refractivity contribution in [2.45, 2.75) is 53.9 Å². The molecule has 0 radical (unpaired) electrons. The summed E-state index contributed by atoms with van der Waals surface area (Å²) in [7, 11) is 0. The molecule has 0 aromatic heterocycles. The highest BCUT2D eigenvalue weighted by atomic mass is 14.9. The van der Waals surface area contributed by atoms with Gasteiger partial charge in [-0.05, 0) is 54.5 Å². The van der Waals surface area contributed by atoms with E-state index < -0.39 is 0 Å². The minimum absolute atomic E-state index is 0.611. The molecule has 1 saturated carbocycles. The van der Waals surface area contributed by atoms with Crippen LogP contribution in [0.3, 0.4) is 0 Å². The van der Waals surface area contributed by atoms with Gasteiger partial charge >= 0.3 is 0 Å². The van der Waals surface area contributed by atoms with Gasteiger partial charge in [-0.2, -0.15) is 0 Å². The van der Waals surface area contributed by atoms with Crippen molar-refractivity contribution >= 4 is 0 Å². The fraction of sp³-hybridized carbons (Fsp3) is 1.00. The van der Waals surface area contributed by atoms with Crippen LogP contribution in [0.1, 0.15) is 53.9 Å². The monoisotopic (exact) mass is 223 g/mol. The van der Waals surface area contributed by atoms with Crippen molar-refractivity contribution in [3.8, 4) is 0 Å². The van der Waals surface area contributed by atoms with E-state index in [0.29, 0.717) is 10.8 Å². The summed E-state index contributed by atoms with van der Waals surface area (Å²) >= 11 is 0. The molecule has 1 spiro atoms. The molecule has 1 heterocycles. The first-order valence-corrected chi connectivity index (χ1v) is 7.18. The summed E-state index contributed by atoms with van der Waals surface area (Å²) in [6.45, 7) is 14.7. The Kier molecular flexibility index (Phi) is 3.11. The van der Waals surface area contributed by atoms with E-state index in [9.17, 15) is 0 Å². The van der Waals surface area contributed by atoms with E-state index in [1.165, 1.54) is 32.4 Å². The Morgan fingerprint density at radius 3 is 2.56 bits per heavy atom. The van der Waals surface area contributed by atoms with Gasteiger partial charge in [-0.3, -0.25) is 0 Å². The quantitative estimate of drug-likeness (QED) is 0.753. The fourth-order valence-corrected chi connectivity index (χ4v) is 4.83. The van der Waals surface area contributed by atoms with Crippen molar-refractivity contribution in [1.29, 1.82) is 0 Å². The summed E-state index contributed by atoms with van der Waals surface area (Å²) in [5, 5.41) is 3.56. The molecule has 1 saturated heterocycles. The molecular formula is C15H29N. The molecule has 2 fully saturated rings. The highest BCUT2D eigenvalue weighted by molar-refractivity contribution is 5.11. The molecule has 1 heteroatoms. The van der Waals surface area contributed by atoms with Gasteiger partial charge in [0, 0.05) is 0 Å². The number of hydrogen-bond acceptors (Lipinski definition) is 1. The van der Waals surface area contributed by atoms with Crippen molar-refractivity contribution in [2.75, 3.05) is 13.1 Å². The highest BCUT2D eigenvalue weighted by Crippen LogP contribution is 2.68. The Morgan fingerprint density at radius 1 is 1.38 bits per heavy atom. The Morgan fingerprint density at radius 2 is 2.06 bits per heavy atom. The largest absolute Gasteiger partial charge is 0.316 e. The van der Waals surface area contributed by atoms with E-state index in [2.05, 4.69) is 39.9 Å². The summed E-state index contributed by atoms with van der Waals surface area (Å²) in [5.74, 6) is 2.67. The molecule has 1 aliphatic heterocycles. The SMILES string of the molecule is CCC1C(C)(C(C)C)CC12CCNCC2C. The number of rotatable bonds is 2. The zero-order chi connectivity index (χ0) is 12.0. The van der Waals surface area contributed by atoms with Crippen molar-refractivity contribution in [3.63, 3.8) is 0 Å². The summed E-state index contributed by atoms with van der Waals surface area (Å²) in [4.78, 5) is 0. The molecule has 4 unspecified atom stereocenters. The summed E-state index contributed by atoms with van der Waals surface area (Å²) in [6, 6.07) is 0. The minimum atomic E-state index is 0.611. The molecule has 2 aliphatic rings. The molecule has 0 bridgehead atoms. The number of nitrogens with one attached hydrogen (secondary N) is 1. The maximum atomic E-state index is 3.56. The van der Waals surface area contributed by atoms with Crippen LogP contribution in [0.4, 0.5) is 0 Å². The topological polar surface area (TPSA) is 12.0 Å². The Bertz CT molecular complexity index is 260. The number of piperidine rings is 1. The average molecular weight is 223 g/mol. The predicted molar refractivity (Wildman–Crippen MR) is 70.4 cm³/mol. The van der Waals surface area contributed by atoms with Gasteiger partial charge in [-0.15, -0.1) is 0 Å². The zero-order valence-corrected chi connectivity index (χ0v) is 11.8. The van der Waals surface area contributed by atoms with Crippen LogP contribution in [0.15, 0.2) is 0 Å². The lowest BCUT2D eigenvalue weighted by Crippen LogP contribution is -2.63. The normalized spacial score (nSPS) is 48.4. The van der Waals surface area contributed by atoms with Crippen LogP contribution >= 0.6 is 0 Å². The third-order valence-corrected chi connectivity index (χ3v) is 6.13. The molecular weight excluding hydrogens is 194 g/mol. The highest BCUT2D eigenvalue weighted by Gasteiger charge is 2.62. The second-order valence-electron chi connectivity index (χ2n) is 6.89. The third kappa shape index (κ3) is 1.47. The van der Waals surface area contributed by atoms with Crippen LogP contribution in [0.2, 0.25) is 0 Å². The van der Waals surface area contributed by atoms with Gasteiger partial charge in [0.2, 0.25) is 0 Å². The van der Waals surface area contributed by atoms with Gasteiger partial charge in [0.05, 0.1) is 0 Å². The maximum Gasteiger partial charge on any atom is -0.00177 e. The minimum Gasteiger partial charge on any atom is -0.316 e. The van der Waals surface area contributed by atoms with E-state index in [1.54, 1.807) is 0 Å². The van der Waals surface area contributed by atoms with Gasteiger partial charge < -0.3 is 5.32 Å². The summed E-state index contributed by atoms with van der Waals surface area (Å²) < 4.78 is 0. The first kappa shape index (κ1) is 12.4. The van der Waals surface area contributed by atoms with E-state index in [4.69, 9.17) is 0 Å². The van der Waals surface area contributed by atoms with Crippen LogP contribution in [0, 0.1) is 28.6 Å². The van der Waals surface area contributed by atoms with Gasteiger partial charge in [0.15, 0.2) is 0 Å². The standard InChI is InChI=1S/C15H29N/c1-6-13-14(5,11(2)3)10-15(13)7-8-16-9-12(15)4/h11-13,16H,6-10H2,1-5H3. The molecule has 0 amide bonds. The molecule has 94 valence electrons. The zero-order valence-electron chi connectivity index (χ0n) is 11.8. The molecule has 1 aliphatic carbocycles. The molecule has 16 heavy (non-hydrogen) atoms. The summed E-state index contributed by atoms with van der Waals surface area (Å²) in [6.07, 6.45) is 4.26. The van der Waals surface area contributed by atoms with Crippen LogP contribution in [-0.2, 0) is 0 Å². The van der Waals surface area contributed by atoms with Crippen molar-refractivity contribution in [3.05, 3.63) is 0 Å². The first-order valence-electron chi connectivity index (χ1n) is 7.18. The molecule has 1 N–H and O–H groups in total. The molecule has 1 nitrogen and oxygen atoms in total. The van der Waals surface area contributed by atoms with Gasteiger partial charge in [-0.1, -0.05) is 41.0 Å². The smallest absolute Gasteiger partial charge is 0.00177 e. The van der Waals surface area contributed by atoms with E-state index in [1.807, 2.05) is 0 Å². The molecule has 2 rings (SSSR count). The lowest BCUT2D eigenvalue weighted by atomic mass is 9.38. The van der Waals surface area contributed by atoms with Crippen molar-refractivity contribution in [1.82, 2.24) is 5.32 Å². The molecule has 4 atom stereocenters. The van der Waals surface area contributed by atoms with Crippen LogP contribution < -0.4 is 5.32 Å². The number of hydrogen-bond donors (Lipinski definition) is 1. The Balaban J connectivity index is 2.20. The lowest BCUT2D eigenvalue weighted by molar-refractivity contribution is -0.185. The fourth-order valence-electron chi connectivity index (χ4n) is 4.83.